The smallest absolute Gasteiger partial charge is 0.407 e. The van der Waals surface area contributed by atoms with Gasteiger partial charge in [0.2, 0.25) is 0 Å². The first-order chi connectivity index (χ1) is 24.1. The summed E-state index contributed by atoms with van der Waals surface area (Å²) in [5.74, 6) is 0.463. The number of alkyl halides is 1. The van der Waals surface area contributed by atoms with Gasteiger partial charge in [-0.2, -0.15) is 5.10 Å². The molecule has 0 saturated heterocycles. The first-order valence-corrected chi connectivity index (χ1v) is 16.6. The molecule has 1 amide bonds. The molecule has 0 fully saturated rings. The number of carbonyl (C=O) groups excluding carboxylic acids is 1. The highest BCUT2D eigenvalue weighted by molar-refractivity contribution is 5.78. The molecule has 6 aromatic rings. The molecule has 50 heavy (non-hydrogen) atoms. The first kappa shape index (κ1) is 34.3. The number of nitrogens with zero attached hydrogens (tertiary/aromatic N) is 3. The Morgan fingerprint density at radius 1 is 0.840 bits per heavy atom. The van der Waals surface area contributed by atoms with Gasteiger partial charge in [-0.25, -0.2) is 18.7 Å². The predicted molar refractivity (Wildman–Crippen MR) is 192 cm³/mol. The Morgan fingerprint density at radius 3 is 2.00 bits per heavy atom. The van der Waals surface area contributed by atoms with Crippen LogP contribution >= 0.6 is 0 Å². The summed E-state index contributed by atoms with van der Waals surface area (Å²) >= 11 is 0. The molecular weight excluding hydrogens is 631 g/mol. The maximum atomic E-state index is 15.7. The van der Waals surface area contributed by atoms with Crippen molar-refractivity contribution in [2.75, 3.05) is 13.2 Å². The number of aromatic nitrogens is 3. The number of fused-ring (bicyclic) bond motifs is 1. The maximum absolute atomic E-state index is 15.7. The standard InChI is InChI=1S/C41H41FN4O4/c1-29-22-30(20-21-31(29)24-43-39(47)50-40(2,3)4)38-37-23-36(25-46(37)45-28-44-38)48-26-35(42)27-49-41(32-14-8-5-9-15-32,33-16-10-6-11-17-33)34-18-12-7-13-19-34/h5-23,25,28,35H,24,26-27H2,1-4H3,(H,43,47). The van der Waals surface area contributed by atoms with Gasteiger partial charge in [-0.15, -0.1) is 0 Å². The monoisotopic (exact) mass is 672 g/mol. The second-order valence-electron chi connectivity index (χ2n) is 13.1. The number of rotatable bonds is 12. The van der Waals surface area contributed by atoms with E-state index in [1.54, 1.807) is 16.8 Å². The van der Waals surface area contributed by atoms with Crippen LogP contribution in [0.5, 0.6) is 5.75 Å². The summed E-state index contributed by atoms with van der Waals surface area (Å²) in [5, 5.41) is 7.15. The van der Waals surface area contributed by atoms with Crippen molar-refractivity contribution < 1.29 is 23.4 Å². The summed E-state index contributed by atoms with van der Waals surface area (Å²) in [6, 6.07) is 37.4. The molecule has 0 aliphatic carbocycles. The minimum absolute atomic E-state index is 0.203. The molecule has 8 nitrogen and oxygen atoms in total. The molecule has 4 aromatic carbocycles. The Hall–Kier alpha value is -5.54. The van der Waals surface area contributed by atoms with E-state index < -0.39 is 23.5 Å². The van der Waals surface area contributed by atoms with E-state index in [-0.39, 0.29) is 13.2 Å². The van der Waals surface area contributed by atoms with Crippen LogP contribution in [-0.4, -0.2) is 45.7 Å². The van der Waals surface area contributed by atoms with Crippen molar-refractivity contribution in [1.29, 1.82) is 0 Å². The first-order valence-electron chi connectivity index (χ1n) is 16.6. The average molecular weight is 673 g/mol. The number of hydrogen-bond donors (Lipinski definition) is 1. The fraction of sp³-hybridized carbons (Fsp3) is 0.244. The van der Waals surface area contributed by atoms with Gasteiger partial charge in [-0.05, 0) is 61.6 Å². The predicted octanol–water partition coefficient (Wildman–Crippen LogP) is 8.46. The lowest BCUT2D eigenvalue weighted by molar-refractivity contribution is -0.0248. The lowest BCUT2D eigenvalue weighted by Gasteiger charge is -2.36. The van der Waals surface area contributed by atoms with Gasteiger partial charge in [0.25, 0.3) is 0 Å². The van der Waals surface area contributed by atoms with E-state index >= 15 is 4.39 Å². The minimum Gasteiger partial charge on any atom is -0.489 e. The van der Waals surface area contributed by atoms with Crippen LogP contribution < -0.4 is 10.1 Å². The van der Waals surface area contributed by atoms with E-state index in [1.807, 2.05) is 137 Å². The van der Waals surface area contributed by atoms with Crippen LogP contribution in [-0.2, 0) is 21.6 Å². The summed E-state index contributed by atoms with van der Waals surface area (Å²) < 4.78 is 35.3. The van der Waals surface area contributed by atoms with Crippen molar-refractivity contribution in [2.24, 2.45) is 0 Å². The highest BCUT2D eigenvalue weighted by Crippen LogP contribution is 2.40. The van der Waals surface area contributed by atoms with Gasteiger partial charge in [0.1, 0.15) is 29.9 Å². The molecule has 9 heteroatoms. The maximum Gasteiger partial charge on any atom is 0.407 e. The van der Waals surface area contributed by atoms with E-state index in [2.05, 4.69) is 15.4 Å². The van der Waals surface area contributed by atoms with Crippen LogP contribution in [0.25, 0.3) is 16.8 Å². The SMILES string of the molecule is Cc1cc(-c2ncnn3cc(OCC(F)COC(c4ccccc4)(c4ccccc4)c4ccccc4)cc23)ccc1CNC(=O)OC(C)(C)C. The molecule has 1 atom stereocenters. The van der Waals surface area contributed by atoms with E-state index in [4.69, 9.17) is 14.2 Å². The number of aryl methyl sites for hydroxylation is 1. The Bertz CT molecular complexity index is 1930. The quantitative estimate of drug-likeness (QED) is 0.131. The number of ether oxygens (including phenoxy) is 3. The largest absolute Gasteiger partial charge is 0.489 e. The molecule has 0 spiro atoms. The lowest BCUT2D eigenvalue weighted by Crippen LogP contribution is -2.36. The molecule has 1 unspecified atom stereocenters. The number of nitrogens with one attached hydrogen (secondary N) is 1. The van der Waals surface area contributed by atoms with Crippen LogP contribution in [0.4, 0.5) is 9.18 Å². The summed E-state index contributed by atoms with van der Waals surface area (Å²) in [5.41, 5.74) is 5.33. The van der Waals surface area contributed by atoms with Crippen LogP contribution in [0.15, 0.2) is 128 Å². The number of hydrogen-bond acceptors (Lipinski definition) is 6. The van der Waals surface area contributed by atoms with Gasteiger partial charge in [0.05, 0.1) is 24.0 Å². The number of benzene rings is 4. The molecule has 2 aromatic heterocycles. The van der Waals surface area contributed by atoms with Gasteiger partial charge in [-0.1, -0.05) is 103 Å². The number of amides is 1. The Labute approximate surface area is 291 Å². The van der Waals surface area contributed by atoms with E-state index in [1.165, 1.54) is 6.33 Å². The van der Waals surface area contributed by atoms with E-state index in [0.29, 0.717) is 23.5 Å². The summed E-state index contributed by atoms with van der Waals surface area (Å²) in [7, 11) is 0. The lowest BCUT2D eigenvalue weighted by atomic mass is 9.80. The topological polar surface area (TPSA) is 87.0 Å². The molecular formula is C41H41FN4O4. The third kappa shape index (κ3) is 7.84. The molecule has 0 aliphatic heterocycles. The van der Waals surface area contributed by atoms with E-state index in [0.717, 1.165) is 33.4 Å². The zero-order valence-electron chi connectivity index (χ0n) is 28.7. The molecule has 2 heterocycles. The molecule has 1 N–H and O–H groups in total. The molecule has 0 bridgehead atoms. The summed E-state index contributed by atoms with van der Waals surface area (Å²) in [4.78, 5) is 16.7. The van der Waals surface area contributed by atoms with Gasteiger partial charge in [0, 0.05) is 18.2 Å². The second-order valence-corrected chi connectivity index (χ2v) is 13.1. The van der Waals surface area contributed by atoms with E-state index in [9.17, 15) is 4.79 Å². The number of carbonyl (C=O) groups is 1. The van der Waals surface area contributed by atoms with Crippen LogP contribution in [0, 0.1) is 6.92 Å². The zero-order chi connectivity index (χ0) is 35.1. The molecule has 0 saturated carbocycles. The fourth-order valence-electron chi connectivity index (χ4n) is 5.95. The molecule has 0 aliphatic rings. The van der Waals surface area contributed by atoms with Crippen molar-refractivity contribution in [3.63, 3.8) is 0 Å². The van der Waals surface area contributed by atoms with Gasteiger partial charge in [0.15, 0.2) is 6.17 Å². The summed E-state index contributed by atoms with van der Waals surface area (Å²) in [6.45, 7) is 7.37. The number of alkyl carbamates (subject to hydrolysis) is 1. The minimum atomic E-state index is -1.43. The third-order valence-corrected chi connectivity index (χ3v) is 8.27. The molecule has 6 rings (SSSR count). The molecule has 256 valence electrons. The summed E-state index contributed by atoms with van der Waals surface area (Å²) in [6.07, 6.45) is 1.29. The Kier molecular flexibility index (Phi) is 10.2. The number of halogens is 1. The third-order valence-electron chi connectivity index (χ3n) is 8.27. The van der Waals surface area contributed by atoms with Crippen LogP contribution in [0.1, 0.15) is 48.6 Å². The van der Waals surface area contributed by atoms with Crippen molar-refractivity contribution >= 4 is 11.6 Å². The van der Waals surface area contributed by atoms with Gasteiger partial charge >= 0.3 is 6.09 Å². The van der Waals surface area contributed by atoms with Gasteiger partial charge < -0.3 is 19.5 Å². The van der Waals surface area contributed by atoms with Crippen molar-refractivity contribution in [3.05, 3.63) is 156 Å². The van der Waals surface area contributed by atoms with Crippen LogP contribution in [0.2, 0.25) is 0 Å². The van der Waals surface area contributed by atoms with Crippen molar-refractivity contribution in [2.45, 2.75) is 51.6 Å². The highest BCUT2D eigenvalue weighted by Gasteiger charge is 2.38. The van der Waals surface area contributed by atoms with Crippen molar-refractivity contribution in [1.82, 2.24) is 19.9 Å². The Morgan fingerprint density at radius 2 is 1.44 bits per heavy atom. The average Bonchev–Trinajstić information content (AvgIpc) is 3.55. The highest BCUT2D eigenvalue weighted by atomic mass is 19.1. The Balaban J connectivity index is 1.16. The van der Waals surface area contributed by atoms with Crippen LogP contribution in [0.3, 0.4) is 0 Å². The second kappa shape index (κ2) is 14.9. The normalized spacial score (nSPS) is 12.4. The fourth-order valence-corrected chi connectivity index (χ4v) is 5.95. The zero-order valence-corrected chi connectivity index (χ0v) is 28.7. The molecule has 0 radical (unpaired) electrons. The van der Waals surface area contributed by atoms with Crippen molar-refractivity contribution in [3.8, 4) is 17.0 Å². The van der Waals surface area contributed by atoms with Gasteiger partial charge in [-0.3, -0.25) is 0 Å².